The van der Waals surface area contributed by atoms with Gasteiger partial charge in [0.15, 0.2) is 0 Å². The Kier molecular flexibility index (Phi) is 4.56. The van der Waals surface area contributed by atoms with Crippen molar-refractivity contribution < 1.29 is 15.1 Å². The van der Waals surface area contributed by atoms with Gasteiger partial charge >= 0.3 is 0 Å². The summed E-state index contributed by atoms with van der Waals surface area (Å²) in [5.74, 6) is 0.786. The molecule has 3 aliphatic rings. The summed E-state index contributed by atoms with van der Waals surface area (Å²) in [7, 11) is 1.48. The molecule has 3 rings (SSSR count). The predicted octanol–water partition coefficient (Wildman–Crippen LogP) is 1.37. The lowest BCUT2D eigenvalue weighted by molar-refractivity contribution is -1.07. The summed E-state index contributed by atoms with van der Waals surface area (Å²) in [6, 6.07) is -0.00640. The van der Waals surface area contributed by atoms with Crippen LogP contribution < -0.4 is 10.3 Å². The van der Waals surface area contributed by atoms with Crippen molar-refractivity contribution in [1.29, 1.82) is 0 Å². The molecule has 2 N–H and O–H groups in total. The fourth-order valence-corrected chi connectivity index (χ4v) is 5.61. The predicted molar refractivity (Wildman–Crippen MR) is 89.4 cm³/mol. The highest BCUT2D eigenvalue weighted by Gasteiger charge is 2.74. The molecule has 134 valence electrons. The van der Waals surface area contributed by atoms with E-state index in [1.807, 2.05) is 0 Å². The van der Waals surface area contributed by atoms with Crippen LogP contribution in [0.25, 0.3) is 0 Å². The fourth-order valence-electron chi connectivity index (χ4n) is 5.61. The molecular formula is C18H34N2O3. The lowest BCUT2D eigenvalue weighted by Crippen LogP contribution is -3.24. The number of hydrogen-bond donors (Lipinski definition) is 2. The van der Waals surface area contributed by atoms with Gasteiger partial charge in [-0.1, -0.05) is 6.92 Å². The van der Waals surface area contributed by atoms with Crippen LogP contribution in [0.2, 0.25) is 0 Å². The van der Waals surface area contributed by atoms with Gasteiger partial charge in [-0.2, -0.15) is 0 Å². The molecule has 3 aliphatic carbocycles. The largest absolute Gasteiger partial charge is 0.634 e. The second kappa shape index (κ2) is 5.95. The molecule has 0 amide bonds. The summed E-state index contributed by atoms with van der Waals surface area (Å²) in [5, 5.41) is 26.0. The average molecular weight is 326 g/mol. The number of nitrogens with one attached hydrogen (secondary N) is 2. The highest BCUT2D eigenvalue weighted by atomic mass is 16.9. The van der Waals surface area contributed by atoms with E-state index in [9.17, 15) is 10.4 Å². The summed E-state index contributed by atoms with van der Waals surface area (Å²) in [5.41, 5.74) is -0.123. The molecule has 23 heavy (non-hydrogen) atoms. The van der Waals surface area contributed by atoms with Gasteiger partial charge in [-0.15, -0.1) is 0 Å². The summed E-state index contributed by atoms with van der Waals surface area (Å²) in [4.78, 5) is 4.97. The molecule has 0 aromatic rings. The van der Waals surface area contributed by atoms with Crippen molar-refractivity contribution in [2.24, 2.45) is 11.3 Å². The van der Waals surface area contributed by atoms with E-state index in [0.717, 1.165) is 44.4 Å². The Morgan fingerprint density at radius 1 is 1.13 bits per heavy atom. The van der Waals surface area contributed by atoms with Crippen molar-refractivity contribution in [3.63, 3.8) is 0 Å². The summed E-state index contributed by atoms with van der Waals surface area (Å²) in [6.07, 6.45) is 9.26. The van der Waals surface area contributed by atoms with Crippen LogP contribution in [0.1, 0.15) is 78.6 Å². The van der Waals surface area contributed by atoms with Gasteiger partial charge in [0.1, 0.15) is 11.6 Å². The standard InChI is InChI=1S/C18H34N2O3/c1-5-16(2,3)20(22)18(17-11-8-14(17)13-17)10-6-7-15(9-12-18)19(21)23-4/h14-15,19-20H,5-13H2,1-4H3/t14?,15?,17-,18?/m1/s1. The quantitative estimate of drug-likeness (QED) is 0.572. The van der Waals surface area contributed by atoms with Crippen LogP contribution in [-0.4, -0.2) is 24.2 Å². The van der Waals surface area contributed by atoms with Crippen molar-refractivity contribution in [3.05, 3.63) is 10.4 Å². The number of hydroxylamine groups is 4. The summed E-state index contributed by atoms with van der Waals surface area (Å²) >= 11 is 0. The number of fused-ring (bicyclic) bond motifs is 1. The van der Waals surface area contributed by atoms with E-state index in [2.05, 4.69) is 20.8 Å². The van der Waals surface area contributed by atoms with Crippen LogP contribution in [0.3, 0.4) is 0 Å². The SMILES string of the molecule is CCC(C)(C)[NH+]([O-])C1([C@@]23CCC2C3)CCCC([NH+]([O-])OC)CC1. The van der Waals surface area contributed by atoms with Crippen LogP contribution in [0.5, 0.6) is 0 Å². The molecule has 0 saturated heterocycles. The Morgan fingerprint density at radius 2 is 1.87 bits per heavy atom. The molecule has 0 radical (unpaired) electrons. The van der Waals surface area contributed by atoms with Crippen LogP contribution in [-0.2, 0) is 4.84 Å². The zero-order chi connectivity index (χ0) is 16.9. The molecule has 0 aromatic carbocycles. The third-order valence-electron chi connectivity index (χ3n) is 7.67. The first kappa shape index (κ1) is 17.6. The van der Waals surface area contributed by atoms with Gasteiger partial charge < -0.3 is 15.5 Å². The zero-order valence-corrected chi connectivity index (χ0v) is 15.2. The van der Waals surface area contributed by atoms with Gasteiger partial charge in [-0.3, -0.25) is 0 Å². The molecule has 3 fully saturated rings. The van der Waals surface area contributed by atoms with E-state index in [-0.39, 0.29) is 22.3 Å². The Labute approximate surface area is 140 Å². The molecular weight excluding hydrogens is 292 g/mol. The third-order valence-corrected chi connectivity index (χ3v) is 7.67. The van der Waals surface area contributed by atoms with Gasteiger partial charge in [0.25, 0.3) is 0 Å². The maximum Gasteiger partial charge on any atom is 0.117 e. The summed E-state index contributed by atoms with van der Waals surface area (Å²) in [6.45, 7) is 6.36. The van der Waals surface area contributed by atoms with Gasteiger partial charge in [0, 0.05) is 31.1 Å². The van der Waals surface area contributed by atoms with Crippen LogP contribution >= 0.6 is 0 Å². The van der Waals surface area contributed by atoms with Crippen molar-refractivity contribution >= 4 is 0 Å². The van der Waals surface area contributed by atoms with Gasteiger partial charge in [-0.05, 0) is 51.9 Å². The third kappa shape index (κ3) is 2.56. The monoisotopic (exact) mass is 326 g/mol. The molecule has 5 heteroatoms. The molecule has 0 heterocycles. The average Bonchev–Trinajstić information content (AvgIpc) is 3.16. The van der Waals surface area contributed by atoms with Crippen molar-refractivity contribution in [2.45, 2.75) is 95.7 Å². The van der Waals surface area contributed by atoms with E-state index in [1.165, 1.54) is 26.4 Å². The van der Waals surface area contributed by atoms with E-state index in [1.54, 1.807) is 0 Å². The first-order valence-electron chi connectivity index (χ1n) is 9.46. The minimum absolute atomic E-state index is 0.00640. The second-order valence-electron chi connectivity index (χ2n) is 8.90. The van der Waals surface area contributed by atoms with Crippen LogP contribution in [0, 0.1) is 21.7 Å². The first-order valence-corrected chi connectivity index (χ1v) is 9.46. The molecule has 5 nitrogen and oxygen atoms in total. The maximum absolute atomic E-state index is 13.6. The Balaban J connectivity index is 1.86. The molecule has 5 unspecified atom stereocenters. The minimum atomic E-state index is -0.247. The lowest BCUT2D eigenvalue weighted by Gasteiger charge is -2.57. The van der Waals surface area contributed by atoms with E-state index in [0.29, 0.717) is 10.5 Å². The Morgan fingerprint density at radius 3 is 2.35 bits per heavy atom. The van der Waals surface area contributed by atoms with Crippen molar-refractivity contribution in [1.82, 2.24) is 0 Å². The summed E-state index contributed by atoms with van der Waals surface area (Å²) < 4.78 is 0. The van der Waals surface area contributed by atoms with Crippen LogP contribution in [0.4, 0.5) is 0 Å². The molecule has 3 saturated carbocycles. The molecule has 0 bridgehead atoms. The topological polar surface area (TPSA) is 64.2 Å². The van der Waals surface area contributed by atoms with Crippen molar-refractivity contribution in [2.75, 3.05) is 7.11 Å². The normalized spacial score (nSPS) is 43.0. The van der Waals surface area contributed by atoms with Crippen LogP contribution in [0.15, 0.2) is 0 Å². The zero-order valence-electron chi connectivity index (χ0n) is 15.2. The Hall–Kier alpha value is -0.200. The second-order valence-corrected chi connectivity index (χ2v) is 8.90. The highest BCUT2D eigenvalue weighted by Crippen LogP contribution is 2.73. The van der Waals surface area contributed by atoms with E-state index < -0.39 is 0 Å². The van der Waals surface area contributed by atoms with Crippen molar-refractivity contribution in [3.8, 4) is 0 Å². The number of rotatable bonds is 6. The van der Waals surface area contributed by atoms with E-state index in [4.69, 9.17) is 4.84 Å². The molecule has 0 aromatic heterocycles. The van der Waals surface area contributed by atoms with Gasteiger partial charge in [0.2, 0.25) is 0 Å². The maximum atomic E-state index is 13.6. The number of quaternary nitrogens is 2. The number of hydrogen-bond acceptors (Lipinski definition) is 3. The fraction of sp³-hybridized carbons (Fsp3) is 1.00. The minimum Gasteiger partial charge on any atom is -0.634 e. The first-order chi connectivity index (χ1) is 10.8. The van der Waals surface area contributed by atoms with E-state index >= 15 is 0 Å². The molecule has 0 spiro atoms. The Bertz CT molecular complexity index is 440. The molecule has 6 atom stereocenters. The highest BCUT2D eigenvalue weighted by molar-refractivity contribution is 5.21. The molecule has 0 aliphatic heterocycles. The smallest absolute Gasteiger partial charge is 0.117 e. The lowest BCUT2D eigenvalue weighted by atomic mass is 9.64. The van der Waals surface area contributed by atoms with Gasteiger partial charge in [-0.25, -0.2) is 10.1 Å². The van der Waals surface area contributed by atoms with Gasteiger partial charge in [0.05, 0.1) is 12.6 Å².